The fraction of sp³-hybridized carbons (Fsp3) is 0.600. The van der Waals surface area contributed by atoms with E-state index in [1.165, 1.54) is 11.3 Å². The number of carbonyl (C=O) groups is 1. The van der Waals surface area contributed by atoms with Crippen molar-refractivity contribution in [2.75, 3.05) is 0 Å². The molecule has 0 saturated heterocycles. The Morgan fingerprint density at radius 1 is 1.60 bits per heavy atom. The van der Waals surface area contributed by atoms with E-state index in [9.17, 15) is 9.59 Å². The highest BCUT2D eigenvalue weighted by Gasteiger charge is 2.27. The van der Waals surface area contributed by atoms with Crippen molar-refractivity contribution in [1.29, 1.82) is 0 Å². The predicted octanol–water partition coefficient (Wildman–Crippen LogP) is 1.65. The summed E-state index contributed by atoms with van der Waals surface area (Å²) in [5.74, 6) is -0.250. The molecule has 1 aromatic heterocycles. The van der Waals surface area contributed by atoms with Gasteiger partial charge in [0.2, 0.25) is 0 Å². The molecule has 0 radical (unpaired) electrons. The van der Waals surface area contributed by atoms with E-state index in [1.807, 2.05) is 5.38 Å². The van der Waals surface area contributed by atoms with Gasteiger partial charge in [0.15, 0.2) is 0 Å². The Kier molecular flexibility index (Phi) is 2.90. The second-order valence-corrected chi connectivity index (χ2v) is 4.67. The molecule has 0 atom stereocenters. The number of hydrogen-bond acceptors (Lipinski definition) is 3. The van der Waals surface area contributed by atoms with Gasteiger partial charge in [-0.3, -0.25) is 9.59 Å². The molecule has 4 nitrogen and oxygen atoms in total. The van der Waals surface area contributed by atoms with E-state index in [1.54, 1.807) is 4.57 Å². The zero-order valence-electron chi connectivity index (χ0n) is 8.31. The van der Waals surface area contributed by atoms with Crippen molar-refractivity contribution in [3.63, 3.8) is 0 Å². The lowest BCUT2D eigenvalue weighted by Crippen LogP contribution is -2.16. The van der Waals surface area contributed by atoms with Crippen LogP contribution in [0, 0.1) is 0 Å². The van der Waals surface area contributed by atoms with Gasteiger partial charge in [-0.15, -0.1) is 0 Å². The summed E-state index contributed by atoms with van der Waals surface area (Å²) in [5.41, 5.74) is 1.11. The van der Waals surface area contributed by atoms with Crippen molar-refractivity contribution < 1.29 is 9.90 Å². The van der Waals surface area contributed by atoms with Crippen LogP contribution < -0.4 is 4.87 Å². The number of aromatic nitrogens is 1. The number of carboxylic acid groups (broad SMARTS) is 1. The fourth-order valence-corrected chi connectivity index (χ4v) is 2.51. The third kappa shape index (κ3) is 2.47. The Hall–Kier alpha value is -1.10. The minimum atomic E-state index is -0.800. The van der Waals surface area contributed by atoms with Crippen LogP contribution in [-0.4, -0.2) is 15.6 Å². The molecule has 1 heterocycles. The molecule has 5 heteroatoms. The first kappa shape index (κ1) is 10.4. The molecule has 0 aromatic carbocycles. The zero-order valence-corrected chi connectivity index (χ0v) is 9.13. The molecule has 1 N–H and O–H groups in total. The van der Waals surface area contributed by atoms with Gasteiger partial charge in [-0.25, -0.2) is 0 Å². The van der Waals surface area contributed by atoms with Crippen molar-refractivity contribution in [2.45, 2.75) is 38.1 Å². The lowest BCUT2D eigenvalue weighted by Gasteiger charge is -2.04. The van der Waals surface area contributed by atoms with E-state index in [2.05, 4.69) is 0 Å². The summed E-state index contributed by atoms with van der Waals surface area (Å²) in [6, 6.07) is 0. The van der Waals surface area contributed by atoms with E-state index >= 15 is 0 Å². The third-order valence-corrected chi connectivity index (χ3v) is 3.36. The largest absolute Gasteiger partial charge is 0.481 e. The number of hydrogen-bond donors (Lipinski definition) is 1. The molecule has 0 amide bonds. The Morgan fingerprint density at radius 2 is 2.33 bits per heavy atom. The van der Waals surface area contributed by atoms with E-state index in [-0.39, 0.29) is 11.3 Å². The van der Waals surface area contributed by atoms with Crippen LogP contribution in [0.2, 0.25) is 0 Å². The maximum Gasteiger partial charge on any atom is 0.307 e. The lowest BCUT2D eigenvalue weighted by atomic mass is 10.3. The topological polar surface area (TPSA) is 59.3 Å². The minimum absolute atomic E-state index is 0.0438. The van der Waals surface area contributed by atoms with Crippen molar-refractivity contribution in [1.82, 2.24) is 4.57 Å². The van der Waals surface area contributed by atoms with Crippen LogP contribution in [0.25, 0.3) is 0 Å². The first-order chi connectivity index (χ1) is 7.18. The molecular formula is C10H13NO3S. The summed E-state index contributed by atoms with van der Waals surface area (Å²) in [4.78, 5) is 21.9. The maximum atomic E-state index is 11.5. The predicted molar refractivity (Wildman–Crippen MR) is 57.4 cm³/mol. The van der Waals surface area contributed by atoms with Crippen molar-refractivity contribution >= 4 is 17.3 Å². The Bertz CT molecular complexity index is 417. The van der Waals surface area contributed by atoms with Crippen molar-refractivity contribution in [3.8, 4) is 0 Å². The Morgan fingerprint density at radius 3 is 2.93 bits per heavy atom. The standard InChI is InChI=1S/C10H13NO3S/c12-9(13)2-1-5-11-8(7-3-4-7)6-15-10(11)14/h6-7H,1-5H2,(H,12,13). The molecular weight excluding hydrogens is 214 g/mol. The molecule has 1 aliphatic carbocycles. The molecule has 1 aromatic rings. The number of nitrogens with zero attached hydrogens (tertiary/aromatic N) is 1. The molecule has 1 fully saturated rings. The molecule has 15 heavy (non-hydrogen) atoms. The first-order valence-electron chi connectivity index (χ1n) is 5.08. The van der Waals surface area contributed by atoms with E-state index in [0.717, 1.165) is 18.5 Å². The average molecular weight is 227 g/mol. The van der Waals surface area contributed by atoms with E-state index < -0.39 is 5.97 Å². The highest BCUT2D eigenvalue weighted by molar-refractivity contribution is 7.07. The van der Waals surface area contributed by atoms with Crippen molar-refractivity contribution in [3.05, 3.63) is 20.7 Å². The second-order valence-electron chi connectivity index (χ2n) is 3.85. The summed E-state index contributed by atoms with van der Waals surface area (Å²) < 4.78 is 1.74. The van der Waals surface area contributed by atoms with Gasteiger partial charge in [-0.1, -0.05) is 11.3 Å². The van der Waals surface area contributed by atoms with Crippen LogP contribution in [0.3, 0.4) is 0 Å². The van der Waals surface area contributed by atoms with Crippen LogP contribution in [-0.2, 0) is 11.3 Å². The van der Waals surface area contributed by atoms with E-state index in [0.29, 0.717) is 18.9 Å². The third-order valence-electron chi connectivity index (χ3n) is 2.58. The highest BCUT2D eigenvalue weighted by atomic mass is 32.1. The molecule has 1 aliphatic rings. The van der Waals surface area contributed by atoms with Crippen LogP contribution in [0.1, 0.15) is 37.3 Å². The quantitative estimate of drug-likeness (QED) is 0.832. The van der Waals surface area contributed by atoms with Gasteiger partial charge in [-0.2, -0.15) is 0 Å². The zero-order chi connectivity index (χ0) is 10.8. The summed E-state index contributed by atoms with van der Waals surface area (Å²) in [7, 11) is 0. The Labute approximate surface area is 91.2 Å². The van der Waals surface area contributed by atoms with E-state index in [4.69, 9.17) is 5.11 Å². The number of thiazole rings is 1. The molecule has 0 spiro atoms. The van der Waals surface area contributed by atoms with Gasteiger partial charge >= 0.3 is 10.8 Å². The normalized spacial score (nSPS) is 15.5. The first-order valence-corrected chi connectivity index (χ1v) is 5.96. The van der Waals surface area contributed by atoms with Gasteiger partial charge in [0.1, 0.15) is 0 Å². The summed E-state index contributed by atoms with van der Waals surface area (Å²) in [5, 5.41) is 10.4. The monoisotopic (exact) mass is 227 g/mol. The lowest BCUT2D eigenvalue weighted by molar-refractivity contribution is -0.137. The number of carboxylic acids is 1. The fourth-order valence-electron chi connectivity index (χ4n) is 1.65. The SMILES string of the molecule is O=C(O)CCCn1c(C2CC2)csc1=O. The van der Waals surface area contributed by atoms with Gasteiger partial charge < -0.3 is 9.67 Å². The maximum absolute atomic E-state index is 11.5. The number of aliphatic carboxylic acids is 1. The van der Waals surface area contributed by atoms with Gasteiger partial charge in [-0.05, 0) is 19.3 Å². The summed E-state index contributed by atoms with van der Waals surface area (Å²) in [6.07, 6.45) is 2.99. The molecule has 1 saturated carbocycles. The van der Waals surface area contributed by atoms with Crippen LogP contribution in [0.4, 0.5) is 0 Å². The van der Waals surface area contributed by atoms with Gasteiger partial charge in [0.05, 0.1) is 0 Å². The van der Waals surface area contributed by atoms with Gasteiger partial charge in [0.25, 0.3) is 0 Å². The smallest absolute Gasteiger partial charge is 0.307 e. The average Bonchev–Trinajstić information content (AvgIpc) is 2.94. The molecule has 82 valence electrons. The molecule has 0 unspecified atom stereocenters. The minimum Gasteiger partial charge on any atom is -0.481 e. The highest BCUT2D eigenvalue weighted by Crippen LogP contribution is 2.40. The Balaban J connectivity index is 2.02. The molecule has 2 rings (SSSR count). The summed E-state index contributed by atoms with van der Waals surface area (Å²) >= 11 is 1.22. The van der Waals surface area contributed by atoms with Crippen LogP contribution in [0.15, 0.2) is 10.2 Å². The molecule has 0 aliphatic heterocycles. The van der Waals surface area contributed by atoms with Crippen LogP contribution >= 0.6 is 11.3 Å². The molecule has 0 bridgehead atoms. The number of rotatable bonds is 5. The summed E-state index contributed by atoms with van der Waals surface area (Å²) in [6.45, 7) is 0.542. The van der Waals surface area contributed by atoms with Crippen LogP contribution in [0.5, 0.6) is 0 Å². The van der Waals surface area contributed by atoms with Gasteiger partial charge in [0, 0.05) is 30.0 Å². The second kappa shape index (κ2) is 4.18. The van der Waals surface area contributed by atoms with Crippen molar-refractivity contribution in [2.24, 2.45) is 0 Å².